The van der Waals surface area contributed by atoms with Crippen LogP contribution in [0.5, 0.6) is 0 Å². The van der Waals surface area contributed by atoms with Crippen molar-refractivity contribution in [3.8, 4) is 0 Å². The zero-order valence-corrected chi connectivity index (χ0v) is 14.3. The maximum atomic E-state index is 12.9. The van der Waals surface area contributed by atoms with Crippen LogP contribution in [0.4, 0.5) is 0 Å². The summed E-state index contributed by atoms with van der Waals surface area (Å²) in [6, 6.07) is 0. The van der Waals surface area contributed by atoms with Crippen LogP contribution in [-0.2, 0) is 13.6 Å². The van der Waals surface area contributed by atoms with Crippen molar-refractivity contribution >= 4 is 7.60 Å². The Morgan fingerprint density at radius 2 is 2.14 bits per heavy atom. The first-order valence-corrected chi connectivity index (χ1v) is 9.51. The summed E-state index contributed by atoms with van der Waals surface area (Å²) in [5.74, 6) is -0.0370. The lowest BCUT2D eigenvalue weighted by atomic mass is 9.90. The van der Waals surface area contributed by atoms with Crippen LogP contribution >= 0.6 is 7.60 Å². The van der Waals surface area contributed by atoms with E-state index in [2.05, 4.69) is 6.92 Å². The lowest BCUT2D eigenvalue weighted by Gasteiger charge is -2.21. The Balaban J connectivity index is 3.23. The highest BCUT2D eigenvalue weighted by atomic mass is 31.2. The molecule has 0 radical (unpaired) electrons. The molecule has 0 heterocycles. The fraction of sp³-hybridized carbons (Fsp3) is 0.750. The molecule has 1 N–H and O–H groups in total. The quantitative estimate of drug-likeness (QED) is 0.621. The van der Waals surface area contributed by atoms with Crippen molar-refractivity contribution in [2.24, 2.45) is 0 Å². The molecule has 5 heteroatoms. The van der Waals surface area contributed by atoms with Crippen LogP contribution in [0.1, 0.15) is 60.7 Å². The molecule has 0 bridgehead atoms. The Kier molecular flexibility index (Phi) is 7.73. The van der Waals surface area contributed by atoms with E-state index in [1.807, 2.05) is 0 Å². The van der Waals surface area contributed by atoms with Crippen molar-refractivity contribution in [3.05, 3.63) is 23.0 Å². The van der Waals surface area contributed by atoms with E-state index in [1.54, 1.807) is 19.9 Å². The van der Waals surface area contributed by atoms with E-state index in [0.29, 0.717) is 6.42 Å². The normalized spacial score (nSPS) is 21.6. The van der Waals surface area contributed by atoms with Gasteiger partial charge in [0.05, 0.1) is 20.7 Å². The van der Waals surface area contributed by atoms with Gasteiger partial charge in [0.25, 0.3) is 0 Å². The molecule has 1 atom stereocenters. The largest absolute Gasteiger partial charge is 0.389 e. The van der Waals surface area contributed by atoms with E-state index >= 15 is 0 Å². The molecule has 0 aromatic rings. The van der Waals surface area contributed by atoms with Crippen LogP contribution in [0.3, 0.4) is 0 Å². The second-order valence-corrected chi connectivity index (χ2v) is 6.91. The number of hydrogen-bond donors (Lipinski definition) is 1. The van der Waals surface area contributed by atoms with Gasteiger partial charge in [-0.3, -0.25) is 4.57 Å². The topological polar surface area (TPSA) is 55.8 Å². The second-order valence-electron chi connectivity index (χ2n) is 5.18. The first kappa shape index (κ1) is 17.0. The third-order valence-corrected chi connectivity index (χ3v) is 5.12. The predicted octanol–water partition coefficient (Wildman–Crippen LogP) is 4.80. The van der Waals surface area contributed by atoms with Gasteiger partial charge in [0.2, 0.25) is 0 Å². The van der Waals surface area contributed by atoms with Gasteiger partial charge in [0, 0.05) is 5.79 Å². The van der Waals surface area contributed by atoms with E-state index in [-0.39, 0.29) is 19.0 Å². The van der Waals surface area contributed by atoms with E-state index in [9.17, 15) is 9.67 Å². The zero-order valence-electron chi connectivity index (χ0n) is 14.4. The molecule has 0 saturated carbocycles. The first-order chi connectivity index (χ1) is 10.5. The number of aliphatic hydroxyl groups is 1. The molecule has 21 heavy (non-hydrogen) atoms. The Bertz CT molecular complexity index is 449. The fourth-order valence-electron chi connectivity index (χ4n) is 2.40. The Hall–Kier alpha value is -0.410. The minimum absolute atomic E-state index is 0.0370. The highest BCUT2D eigenvalue weighted by Gasteiger charge is 2.23. The third-order valence-electron chi connectivity index (χ3n) is 3.38. The molecule has 1 rings (SSSR count). The van der Waals surface area contributed by atoms with Crippen LogP contribution in [0.2, 0.25) is 0 Å². The van der Waals surface area contributed by atoms with Crippen LogP contribution in [0.15, 0.2) is 23.0 Å². The summed E-state index contributed by atoms with van der Waals surface area (Å²) in [4.78, 5) is 0. The molecule has 0 aliphatic heterocycles. The Morgan fingerprint density at radius 1 is 1.48 bits per heavy atom. The van der Waals surface area contributed by atoms with E-state index in [4.69, 9.17) is 10.4 Å². The van der Waals surface area contributed by atoms with Gasteiger partial charge in [0.1, 0.15) is 0 Å². The highest BCUT2D eigenvalue weighted by Crippen LogP contribution is 2.52. The number of allylic oxidation sites excluding steroid dienone is 2. The average molecular weight is 317 g/mol. The molecule has 1 aliphatic rings. The summed E-state index contributed by atoms with van der Waals surface area (Å²) in [5.41, 5.74) is 1.66. The standard InChI is InChI=1S/C16H29O4P/c1-4-7-9-15(14-10-8-11-16(17)12-14)13-21(18,19-5-2)20-6-3/h12-13,16-17H,4-11H2,1-3H3/b15-13+/i13D. The summed E-state index contributed by atoms with van der Waals surface area (Å²) < 4.78 is 31.9. The Labute approximate surface area is 130 Å². The van der Waals surface area contributed by atoms with Crippen molar-refractivity contribution in [3.63, 3.8) is 0 Å². The van der Waals surface area contributed by atoms with E-state index in [1.165, 1.54) is 0 Å². The minimum atomic E-state index is -3.57. The summed E-state index contributed by atoms with van der Waals surface area (Å²) in [5, 5.41) is 9.85. The van der Waals surface area contributed by atoms with Crippen molar-refractivity contribution in [1.29, 1.82) is 0 Å². The molecule has 0 aromatic heterocycles. The van der Waals surface area contributed by atoms with Crippen molar-refractivity contribution in [1.82, 2.24) is 0 Å². The molecular weight excluding hydrogens is 287 g/mol. The van der Waals surface area contributed by atoms with E-state index < -0.39 is 13.7 Å². The monoisotopic (exact) mass is 317 g/mol. The SMILES string of the molecule is [2H]/C(=C(/CCCC)C1=CC(O)CCC1)P(=O)(OCC)OCC. The molecule has 4 nitrogen and oxygen atoms in total. The van der Waals surface area contributed by atoms with Gasteiger partial charge in [-0.2, -0.15) is 0 Å². The number of aliphatic hydroxyl groups excluding tert-OH is 1. The van der Waals surface area contributed by atoms with Crippen LogP contribution < -0.4 is 0 Å². The van der Waals surface area contributed by atoms with E-state index in [0.717, 1.165) is 43.3 Å². The first-order valence-electron chi connectivity index (χ1n) is 8.47. The summed E-state index contributed by atoms with van der Waals surface area (Å²) in [7, 11) is -3.57. The molecule has 122 valence electrons. The maximum absolute atomic E-state index is 12.9. The maximum Gasteiger partial charge on any atom is 0.354 e. The Morgan fingerprint density at radius 3 is 2.67 bits per heavy atom. The molecule has 0 aromatic carbocycles. The molecule has 0 amide bonds. The number of rotatable bonds is 9. The number of unbranched alkanes of at least 4 members (excludes halogenated alkanes) is 1. The van der Waals surface area contributed by atoms with Gasteiger partial charge in [0.15, 0.2) is 0 Å². The zero-order chi connectivity index (χ0) is 16.6. The number of hydrogen-bond acceptors (Lipinski definition) is 4. The van der Waals surface area contributed by atoms with Gasteiger partial charge in [-0.15, -0.1) is 0 Å². The summed E-state index contributed by atoms with van der Waals surface area (Å²) >= 11 is 0. The highest BCUT2D eigenvalue weighted by molar-refractivity contribution is 7.57. The molecular formula is C16H29O4P. The van der Waals surface area contributed by atoms with Crippen molar-refractivity contribution < 1.29 is 20.1 Å². The van der Waals surface area contributed by atoms with Crippen LogP contribution in [0.25, 0.3) is 0 Å². The molecule has 0 saturated heterocycles. The predicted molar refractivity (Wildman–Crippen MR) is 86.4 cm³/mol. The fourth-order valence-corrected chi connectivity index (χ4v) is 3.87. The second kappa shape index (κ2) is 9.58. The average Bonchev–Trinajstić information content (AvgIpc) is 2.48. The molecule has 0 spiro atoms. The molecule has 1 unspecified atom stereocenters. The van der Waals surface area contributed by atoms with Crippen LogP contribution in [0, 0.1) is 0 Å². The van der Waals surface area contributed by atoms with Gasteiger partial charge in [-0.05, 0) is 57.1 Å². The van der Waals surface area contributed by atoms with Crippen molar-refractivity contribution in [2.45, 2.75) is 65.4 Å². The van der Waals surface area contributed by atoms with Gasteiger partial charge >= 0.3 is 7.60 Å². The lowest BCUT2D eigenvalue weighted by Crippen LogP contribution is -2.10. The smallest absolute Gasteiger partial charge is 0.354 e. The minimum Gasteiger partial charge on any atom is -0.389 e. The van der Waals surface area contributed by atoms with Crippen molar-refractivity contribution in [2.75, 3.05) is 13.2 Å². The lowest BCUT2D eigenvalue weighted by molar-refractivity contribution is 0.202. The van der Waals surface area contributed by atoms with Gasteiger partial charge in [-0.25, -0.2) is 0 Å². The molecule has 0 fully saturated rings. The summed E-state index contributed by atoms with van der Waals surface area (Å²) in [6.07, 6.45) is 6.30. The summed E-state index contributed by atoms with van der Waals surface area (Å²) in [6.45, 7) is 6.05. The van der Waals surface area contributed by atoms with Gasteiger partial charge in [-0.1, -0.05) is 19.4 Å². The van der Waals surface area contributed by atoms with Crippen LogP contribution in [-0.4, -0.2) is 24.4 Å². The third kappa shape index (κ3) is 6.48. The van der Waals surface area contributed by atoms with Gasteiger partial charge < -0.3 is 14.2 Å². The molecule has 1 aliphatic carbocycles.